The largest absolute Gasteiger partial charge is 0.394 e. The molecule has 0 rings (SSSR count). The van der Waals surface area contributed by atoms with Gasteiger partial charge in [-0.15, -0.1) is 23.2 Å². The van der Waals surface area contributed by atoms with E-state index in [0.717, 1.165) is 0 Å². The highest BCUT2D eigenvalue weighted by molar-refractivity contribution is 6.18. The van der Waals surface area contributed by atoms with Gasteiger partial charge in [0.05, 0.1) is 39.6 Å². The zero-order valence-corrected chi connectivity index (χ0v) is 9.64. The number of aliphatic hydroxyl groups is 2. The Hall–Kier alpha value is 0.420. The predicted octanol–water partition coefficient (Wildman–Crippen LogP) is 0.468. The molecule has 0 aliphatic carbocycles. The summed E-state index contributed by atoms with van der Waals surface area (Å²) in [6.07, 6.45) is 0. The van der Waals surface area contributed by atoms with Crippen molar-refractivity contribution in [3.05, 3.63) is 0 Å². The molecule has 6 heteroatoms. The maximum absolute atomic E-state index is 8.12. The van der Waals surface area contributed by atoms with E-state index in [2.05, 4.69) is 0 Å². The van der Waals surface area contributed by atoms with E-state index in [4.69, 9.17) is 42.9 Å². The molecule has 0 unspecified atom stereocenters. The van der Waals surface area contributed by atoms with E-state index in [1.54, 1.807) is 0 Å². The molecule has 0 radical (unpaired) electrons. The summed E-state index contributed by atoms with van der Waals surface area (Å²) in [6.45, 7) is 2.01. The van der Waals surface area contributed by atoms with Crippen LogP contribution in [0.3, 0.4) is 0 Å². The topological polar surface area (TPSA) is 58.9 Å². The Morgan fingerprint density at radius 2 is 1.07 bits per heavy atom. The second-order valence-electron chi connectivity index (χ2n) is 2.05. The number of ether oxygens (including phenoxy) is 2. The SMILES string of the molecule is OCCOCCCl.OCCOCCCl. The molecule has 0 spiro atoms. The predicted molar refractivity (Wildman–Crippen MR) is 57.2 cm³/mol. The van der Waals surface area contributed by atoms with E-state index in [1.165, 1.54) is 0 Å². The molecule has 0 saturated heterocycles. The van der Waals surface area contributed by atoms with Crippen molar-refractivity contribution in [2.24, 2.45) is 0 Å². The van der Waals surface area contributed by atoms with Crippen LogP contribution in [0.25, 0.3) is 0 Å². The summed E-state index contributed by atoms with van der Waals surface area (Å²) >= 11 is 10.5. The fourth-order valence-corrected chi connectivity index (χ4v) is 0.661. The smallest absolute Gasteiger partial charge is 0.0698 e. The van der Waals surface area contributed by atoms with Crippen LogP contribution in [0.1, 0.15) is 0 Å². The fraction of sp³-hybridized carbons (Fsp3) is 1.00. The Morgan fingerprint density at radius 1 is 0.714 bits per heavy atom. The van der Waals surface area contributed by atoms with Crippen molar-refractivity contribution < 1.29 is 19.7 Å². The first-order valence-electron chi connectivity index (χ1n) is 4.32. The first-order chi connectivity index (χ1) is 6.83. The van der Waals surface area contributed by atoms with Crippen LogP contribution in [0.4, 0.5) is 0 Å². The van der Waals surface area contributed by atoms with E-state index in [9.17, 15) is 0 Å². The van der Waals surface area contributed by atoms with Crippen LogP contribution in [-0.2, 0) is 9.47 Å². The Bertz CT molecular complexity index is 67.7. The molecule has 0 aliphatic heterocycles. The van der Waals surface area contributed by atoms with Gasteiger partial charge in [-0.2, -0.15) is 0 Å². The van der Waals surface area contributed by atoms with E-state index in [-0.39, 0.29) is 13.2 Å². The molecular formula is C8H18Cl2O4. The lowest BCUT2D eigenvalue weighted by Gasteiger charge is -1.94. The lowest BCUT2D eigenvalue weighted by Crippen LogP contribution is -2.00. The maximum Gasteiger partial charge on any atom is 0.0698 e. The minimum Gasteiger partial charge on any atom is -0.394 e. The lowest BCUT2D eigenvalue weighted by atomic mass is 10.7. The Morgan fingerprint density at radius 3 is 1.29 bits per heavy atom. The average Bonchev–Trinajstić information content (AvgIpc) is 2.21. The molecule has 0 amide bonds. The number of rotatable bonds is 8. The molecule has 0 aromatic carbocycles. The number of aliphatic hydroxyl groups excluding tert-OH is 2. The standard InChI is InChI=1S/2C4H9ClO2/c2*5-1-3-7-4-2-6/h2*6H,1-4H2. The van der Waals surface area contributed by atoms with Gasteiger partial charge in [0.2, 0.25) is 0 Å². The zero-order valence-electron chi connectivity index (χ0n) is 8.12. The van der Waals surface area contributed by atoms with Crippen LogP contribution in [0.5, 0.6) is 0 Å². The minimum absolute atomic E-state index is 0.0802. The third kappa shape index (κ3) is 22.8. The molecule has 14 heavy (non-hydrogen) atoms. The minimum atomic E-state index is 0.0802. The van der Waals surface area contributed by atoms with Gasteiger partial charge in [-0.3, -0.25) is 0 Å². The molecule has 0 heterocycles. The van der Waals surface area contributed by atoms with E-state index >= 15 is 0 Å². The Balaban J connectivity index is 0. The average molecular weight is 249 g/mol. The van der Waals surface area contributed by atoms with Crippen LogP contribution in [0.2, 0.25) is 0 Å². The van der Waals surface area contributed by atoms with Gasteiger partial charge in [0.25, 0.3) is 0 Å². The molecule has 0 saturated carbocycles. The van der Waals surface area contributed by atoms with Crippen molar-refractivity contribution in [2.75, 3.05) is 51.4 Å². The maximum atomic E-state index is 8.12. The fourth-order valence-electron chi connectivity index (χ4n) is 0.442. The highest BCUT2D eigenvalue weighted by Gasteiger charge is 1.80. The molecule has 0 fully saturated rings. The number of alkyl halides is 2. The first kappa shape index (κ1) is 16.8. The van der Waals surface area contributed by atoms with Gasteiger partial charge in [-0.05, 0) is 0 Å². The Labute approximate surface area is 94.7 Å². The normalized spacial score (nSPS) is 9.43. The summed E-state index contributed by atoms with van der Waals surface area (Å²) in [7, 11) is 0. The van der Waals surface area contributed by atoms with Gasteiger partial charge >= 0.3 is 0 Å². The van der Waals surface area contributed by atoms with Gasteiger partial charge < -0.3 is 19.7 Å². The van der Waals surface area contributed by atoms with Crippen LogP contribution in [-0.4, -0.2) is 61.6 Å². The number of hydrogen-bond acceptors (Lipinski definition) is 4. The van der Waals surface area contributed by atoms with Crippen molar-refractivity contribution in [1.29, 1.82) is 0 Å². The third-order valence-electron chi connectivity index (χ3n) is 0.914. The molecule has 0 bridgehead atoms. The van der Waals surface area contributed by atoms with Crippen molar-refractivity contribution in [3.8, 4) is 0 Å². The number of hydrogen-bond donors (Lipinski definition) is 2. The highest BCUT2D eigenvalue weighted by Crippen LogP contribution is 1.76. The monoisotopic (exact) mass is 248 g/mol. The quantitative estimate of drug-likeness (QED) is 0.485. The summed E-state index contributed by atoms with van der Waals surface area (Å²) in [5.41, 5.74) is 0. The van der Waals surface area contributed by atoms with Gasteiger partial charge in [0, 0.05) is 11.8 Å². The van der Waals surface area contributed by atoms with Crippen molar-refractivity contribution in [2.45, 2.75) is 0 Å². The molecule has 88 valence electrons. The zero-order chi connectivity index (χ0) is 11.1. The molecule has 0 atom stereocenters. The Kier molecular flexibility index (Phi) is 22.9. The summed E-state index contributed by atoms with van der Waals surface area (Å²) in [5.74, 6) is 1.00. The second-order valence-corrected chi connectivity index (χ2v) is 2.81. The van der Waals surface area contributed by atoms with E-state index < -0.39 is 0 Å². The summed E-state index contributed by atoms with van der Waals surface area (Å²) in [4.78, 5) is 0. The van der Waals surface area contributed by atoms with Crippen molar-refractivity contribution >= 4 is 23.2 Å². The van der Waals surface area contributed by atoms with Crippen LogP contribution < -0.4 is 0 Å². The van der Waals surface area contributed by atoms with E-state index in [1.807, 2.05) is 0 Å². The second kappa shape index (κ2) is 19.1. The van der Waals surface area contributed by atoms with Crippen LogP contribution >= 0.6 is 23.2 Å². The van der Waals surface area contributed by atoms with Crippen LogP contribution in [0, 0.1) is 0 Å². The van der Waals surface area contributed by atoms with Gasteiger partial charge in [0.1, 0.15) is 0 Å². The summed E-state index contributed by atoms with van der Waals surface area (Å²) in [6, 6.07) is 0. The molecule has 0 aromatic rings. The van der Waals surface area contributed by atoms with E-state index in [0.29, 0.717) is 38.2 Å². The highest BCUT2D eigenvalue weighted by atomic mass is 35.5. The number of halogens is 2. The molecule has 2 N–H and O–H groups in total. The first-order valence-corrected chi connectivity index (χ1v) is 5.39. The summed E-state index contributed by atoms with van der Waals surface area (Å²) < 4.78 is 9.50. The van der Waals surface area contributed by atoms with Gasteiger partial charge in [-0.1, -0.05) is 0 Å². The van der Waals surface area contributed by atoms with Gasteiger partial charge in [0.15, 0.2) is 0 Å². The van der Waals surface area contributed by atoms with Crippen LogP contribution in [0.15, 0.2) is 0 Å². The van der Waals surface area contributed by atoms with Crippen molar-refractivity contribution in [3.63, 3.8) is 0 Å². The molecule has 0 aromatic heterocycles. The molecule has 0 aliphatic rings. The molecule has 4 nitrogen and oxygen atoms in total. The third-order valence-corrected chi connectivity index (χ3v) is 1.22. The van der Waals surface area contributed by atoms with Crippen molar-refractivity contribution in [1.82, 2.24) is 0 Å². The summed E-state index contributed by atoms with van der Waals surface area (Å²) in [5, 5.41) is 16.2. The molecular weight excluding hydrogens is 231 g/mol. The lowest BCUT2D eigenvalue weighted by molar-refractivity contribution is 0.103. The van der Waals surface area contributed by atoms with Gasteiger partial charge in [-0.25, -0.2) is 0 Å².